The fourth-order valence-corrected chi connectivity index (χ4v) is 2.38. The first-order valence-corrected chi connectivity index (χ1v) is 8.01. The Hall–Kier alpha value is -3.81. The molecule has 27 heavy (non-hydrogen) atoms. The van der Waals surface area contributed by atoms with E-state index in [1.165, 1.54) is 12.1 Å². The maximum Gasteiger partial charge on any atom is 0.335 e. The molecule has 0 saturated carbocycles. The van der Waals surface area contributed by atoms with Gasteiger partial charge in [-0.1, -0.05) is 0 Å². The molecule has 1 heterocycles. The van der Waals surface area contributed by atoms with Gasteiger partial charge >= 0.3 is 5.97 Å². The third-order valence-corrected chi connectivity index (χ3v) is 3.70. The van der Waals surface area contributed by atoms with E-state index >= 15 is 0 Å². The molecule has 2 aromatic carbocycles. The zero-order valence-corrected chi connectivity index (χ0v) is 14.8. The number of hydrogen-bond donors (Lipinski definition) is 3. The van der Waals surface area contributed by atoms with Gasteiger partial charge in [0.2, 0.25) is 5.95 Å². The van der Waals surface area contributed by atoms with Crippen LogP contribution in [-0.4, -0.2) is 35.3 Å². The fraction of sp³-hybridized carbons (Fsp3) is 0.105. The van der Waals surface area contributed by atoms with Crippen LogP contribution < -0.4 is 20.1 Å². The van der Waals surface area contributed by atoms with Gasteiger partial charge < -0.3 is 25.2 Å². The number of carbonyl (C=O) groups is 1. The monoisotopic (exact) mass is 366 g/mol. The van der Waals surface area contributed by atoms with Crippen LogP contribution in [0.3, 0.4) is 0 Å². The Labute approximate surface area is 155 Å². The van der Waals surface area contributed by atoms with Crippen LogP contribution in [0.4, 0.5) is 23.1 Å². The summed E-state index contributed by atoms with van der Waals surface area (Å²) in [6.45, 7) is 0. The fourth-order valence-electron chi connectivity index (χ4n) is 2.38. The maximum atomic E-state index is 10.9. The van der Waals surface area contributed by atoms with E-state index in [1.54, 1.807) is 50.7 Å². The molecule has 3 aromatic rings. The lowest BCUT2D eigenvalue weighted by atomic mass is 10.2. The molecule has 0 bridgehead atoms. The predicted octanol–water partition coefficient (Wildman–Crippen LogP) is 3.68. The third-order valence-electron chi connectivity index (χ3n) is 3.70. The minimum atomic E-state index is -0.968. The number of nitrogens with zero attached hydrogens (tertiary/aromatic N) is 2. The minimum absolute atomic E-state index is 0.221. The zero-order valence-electron chi connectivity index (χ0n) is 14.8. The molecule has 138 valence electrons. The van der Waals surface area contributed by atoms with Gasteiger partial charge in [0.15, 0.2) is 11.5 Å². The largest absolute Gasteiger partial charge is 0.493 e. The molecular weight excluding hydrogens is 348 g/mol. The Morgan fingerprint density at radius 3 is 2.30 bits per heavy atom. The first-order valence-electron chi connectivity index (χ1n) is 8.01. The summed E-state index contributed by atoms with van der Waals surface area (Å²) < 4.78 is 10.5. The number of aromatic carboxylic acids is 1. The molecule has 8 nitrogen and oxygen atoms in total. The van der Waals surface area contributed by atoms with Crippen molar-refractivity contribution in [2.45, 2.75) is 0 Å². The number of benzene rings is 2. The van der Waals surface area contributed by atoms with Gasteiger partial charge in [-0.2, -0.15) is 4.98 Å². The molecular formula is C19H18N4O4. The smallest absolute Gasteiger partial charge is 0.335 e. The number of nitrogens with one attached hydrogen (secondary N) is 2. The maximum absolute atomic E-state index is 10.9. The highest BCUT2D eigenvalue weighted by Crippen LogP contribution is 2.30. The van der Waals surface area contributed by atoms with Crippen molar-refractivity contribution in [1.29, 1.82) is 0 Å². The van der Waals surface area contributed by atoms with Gasteiger partial charge in [0, 0.05) is 23.6 Å². The highest BCUT2D eigenvalue weighted by molar-refractivity contribution is 5.88. The first-order chi connectivity index (χ1) is 13.1. The summed E-state index contributed by atoms with van der Waals surface area (Å²) in [4.78, 5) is 19.5. The van der Waals surface area contributed by atoms with E-state index < -0.39 is 5.97 Å². The second kappa shape index (κ2) is 8.05. The molecule has 0 radical (unpaired) electrons. The summed E-state index contributed by atoms with van der Waals surface area (Å²) in [6.07, 6.45) is 1.62. The van der Waals surface area contributed by atoms with E-state index in [0.29, 0.717) is 23.3 Å². The number of carboxylic acids is 1. The van der Waals surface area contributed by atoms with Gasteiger partial charge in [-0.05, 0) is 42.5 Å². The van der Waals surface area contributed by atoms with Crippen LogP contribution >= 0.6 is 0 Å². The van der Waals surface area contributed by atoms with Gasteiger partial charge in [-0.15, -0.1) is 0 Å². The number of aromatic nitrogens is 2. The van der Waals surface area contributed by atoms with E-state index in [4.69, 9.17) is 14.6 Å². The summed E-state index contributed by atoms with van der Waals surface area (Å²) in [5.74, 6) is 1.22. The van der Waals surface area contributed by atoms with Crippen LogP contribution in [0.1, 0.15) is 10.4 Å². The van der Waals surface area contributed by atoms with Crippen molar-refractivity contribution in [2.75, 3.05) is 24.9 Å². The second-order valence-electron chi connectivity index (χ2n) is 5.47. The number of carboxylic acid groups (broad SMARTS) is 1. The number of rotatable bonds is 7. The molecule has 0 aliphatic rings. The molecule has 3 rings (SSSR count). The summed E-state index contributed by atoms with van der Waals surface area (Å²) in [5.41, 5.74) is 1.69. The van der Waals surface area contributed by atoms with Crippen LogP contribution in [0.2, 0.25) is 0 Å². The summed E-state index contributed by atoms with van der Waals surface area (Å²) in [5, 5.41) is 15.2. The normalized spacial score (nSPS) is 10.1. The van der Waals surface area contributed by atoms with Crippen LogP contribution in [0.25, 0.3) is 0 Å². The third kappa shape index (κ3) is 4.43. The Morgan fingerprint density at radius 2 is 1.63 bits per heavy atom. The Kier molecular flexibility index (Phi) is 5.36. The molecule has 0 atom stereocenters. The summed E-state index contributed by atoms with van der Waals surface area (Å²) >= 11 is 0. The van der Waals surface area contributed by atoms with Gasteiger partial charge in [-0.25, -0.2) is 9.78 Å². The minimum Gasteiger partial charge on any atom is -0.493 e. The molecule has 0 aliphatic heterocycles. The molecule has 0 spiro atoms. The molecule has 8 heteroatoms. The average molecular weight is 366 g/mol. The zero-order chi connectivity index (χ0) is 19.2. The van der Waals surface area contributed by atoms with Crippen LogP contribution in [0.15, 0.2) is 54.7 Å². The van der Waals surface area contributed by atoms with Crippen molar-refractivity contribution in [3.63, 3.8) is 0 Å². The van der Waals surface area contributed by atoms with Gasteiger partial charge in [-0.3, -0.25) is 0 Å². The first kappa shape index (κ1) is 18.0. The highest BCUT2D eigenvalue weighted by atomic mass is 16.5. The number of ether oxygens (including phenoxy) is 2. The van der Waals surface area contributed by atoms with Crippen LogP contribution in [-0.2, 0) is 0 Å². The average Bonchev–Trinajstić information content (AvgIpc) is 2.68. The molecule has 0 fully saturated rings. The SMILES string of the molecule is COc1ccc(Nc2nccc(Nc3ccc(C(=O)O)cc3)n2)cc1OC. The van der Waals surface area contributed by atoms with E-state index in [0.717, 1.165) is 11.4 Å². The van der Waals surface area contributed by atoms with Crippen molar-refractivity contribution in [1.82, 2.24) is 9.97 Å². The Bertz CT molecular complexity index is 945. The Balaban J connectivity index is 1.74. The van der Waals surface area contributed by atoms with Crippen LogP contribution in [0, 0.1) is 0 Å². The molecule has 0 unspecified atom stereocenters. The van der Waals surface area contributed by atoms with Gasteiger partial charge in [0.05, 0.1) is 19.8 Å². The van der Waals surface area contributed by atoms with E-state index in [1.807, 2.05) is 6.07 Å². The second-order valence-corrected chi connectivity index (χ2v) is 5.47. The lowest BCUT2D eigenvalue weighted by Gasteiger charge is -2.11. The van der Waals surface area contributed by atoms with E-state index in [-0.39, 0.29) is 5.56 Å². The van der Waals surface area contributed by atoms with E-state index in [9.17, 15) is 4.79 Å². The van der Waals surface area contributed by atoms with Crippen molar-refractivity contribution < 1.29 is 19.4 Å². The topological polar surface area (TPSA) is 106 Å². The molecule has 1 aromatic heterocycles. The van der Waals surface area contributed by atoms with Gasteiger partial charge in [0.1, 0.15) is 5.82 Å². The standard InChI is InChI=1S/C19H18N4O4/c1-26-15-8-7-14(11-16(15)27-2)22-19-20-10-9-17(23-19)21-13-5-3-12(4-6-13)18(24)25/h3-11H,1-2H3,(H,24,25)(H2,20,21,22,23). The Morgan fingerprint density at radius 1 is 0.926 bits per heavy atom. The number of hydrogen-bond acceptors (Lipinski definition) is 7. The summed E-state index contributed by atoms with van der Waals surface area (Å²) in [6, 6.07) is 13.5. The number of anilines is 4. The van der Waals surface area contributed by atoms with Crippen LogP contribution in [0.5, 0.6) is 11.5 Å². The molecule has 0 aliphatic carbocycles. The lowest BCUT2D eigenvalue weighted by Crippen LogP contribution is -2.01. The van der Waals surface area contributed by atoms with E-state index in [2.05, 4.69) is 20.6 Å². The quantitative estimate of drug-likeness (QED) is 0.581. The highest BCUT2D eigenvalue weighted by Gasteiger charge is 2.07. The van der Waals surface area contributed by atoms with Crippen molar-refractivity contribution in [2.24, 2.45) is 0 Å². The van der Waals surface area contributed by atoms with Gasteiger partial charge in [0.25, 0.3) is 0 Å². The van der Waals surface area contributed by atoms with Crippen molar-refractivity contribution >= 4 is 29.1 Å². The van der Waals surface area contributed by atoms with Crippen molar-refractivity contribution in [3.05, 3.63) is 60.3 Å². The predicted molar refractivity (Wildman–Crippen MR) is 102 cm³/mol. The number of methoxy groups -OCH3 is 2. The molecule has 0 saturated heterocycles. The molecule has 3 N–H and O–H groups in total. The lowest BCUT2D eigenvalue weighted by molar-refractivity contribution is 0.0697. The van der Waals surface area contributed by atoms with Crippen molar-refractivity contribution in [3.8, 4) is 11.5 Å². The molecule has 0 amide bonds. The summed E-state index contributed by atoms with van der Waals surface area (Å²) in [7, 11) is 3.14.